The molecule has 54 valence electrons. The summed E-state index contributed by atoms with van der Waals surface area (Å²) in [6.07, 6.45) is 1.72. The van der Waals surface area contributed by atoms with Crippen molar-refractivity contribution in [1.82, 2.24) is 0 Å². The minimum Gasteiger partial charge on any atom is -0.0988 e. The minimum atomic E-state index is 0.833. The third kappa shape index (κ3) is 103. The van der Waals surface area contributed by atoms with Gasteiger partial charge in [0.05, 0.1) is 0 Å². The van der Waals surface area contributed by atoms with Gasteiger partial charge in [-0.05, 0) is 12.8 Å². The lowest BCUT2D eigenvalue weighted by Gasteiger charge is -1.79. The van der Waals surface area contributed by atoms with Gasteiger partial charge in [-0.3, -0.25) is 0 Å². The van der Waals surface area contributed by atoms with E-state index >= 15 is 0 Å². The SMILES string of the molecule is C=CC(=C)C.CC(C)C. The summed E-state index contributed by atoms with van der Waals surface area (Å²) in [6.45, 7) is 15.4. The fourth-order valence-corrected chi connectivity index (χ4v) is 0. The fraction of sp³-hybridized carbons (Fsp3) is 0.556. The first-order chi connectivity index (χ1) is 4.00. The quantitative estimate of drug-likeness (QED) is 0.472. The van der Waals surface area contributed by atoms with Gasteiger partial charge in [0.25, 0.3) is 0 Å². The highest BCUT2D eigenvalue weighted by Crippen LogP contribution is 1.81. The molecule has 0 amide bonds. The molecule has 0 aliphatic rings. The molecule has 0 unspecified atom stereocenters. The third-order valence-electron chi connectivity index (χ3n) is 0.348. The van der Waals surface area contributed by atoms with Crippen LogP contribution in [0, 0.1) is 5.92 Å². The van der Waals surface area contributed by atoms with Gasteiger partial charge in [-0.2, -0.15) is 0 Å². The smallest absolute Gasteiger partial charge is 0.0404 e. The second-order valence-corrected chi connectivity index (χ2v) is 2.78. The average molecular weight is 126 g/mol. The molecule has 0 saturated heterocycles. The summed E-state index contributed by atoms with van der Waals surface area (Å²) >= 11 is 0. The van der Waals surface area contributed by atoms with Crippen LogP contribution in [0.1, 0.15) is 27.7 Å². The van der Waals surface area contributed by atoms with E-state index in [1.54, 1.807) is 6.08 Å². The Kier molecular flexibility index (Phi) is 9.39. The molecule has 0 rings (SSSR count). The largest absolute Gasteiger partial charge is 0.0988 e. The van der Waals surface area contributed by atoms with Crippen molar-refractivity contribution in [3.8, 4) is 0 Å². The Labute approximate surface area is 59.3 Å². The topological polar surface area (TPSA) is 0 Å². The monoisotopic (exact) mass is 126 g/mol. The van der Waals surface area contributed by atoms with Crippen molar-refractivity contribution in [2.45, 2.75) is 27.7 Å². The molecular weight excluding hydrogens is 108 g/mol. The Hall–Kier alpha value is -0.520. The summed E-state index contributed by atoms with van der Waals surface area (Å²) in [6, 6.07) is 0. The van der Waals surface area contributed by atoms with Crippen molar-refractivity contribution in [2.24, 2.45) is 5.92 Å². The summed E-state index contributed by atoms with van der Waals surface area (Å²) < 4.78 is 0. The van der Waals surface area contributed by atoms with E-state index < -0.39 is 0 Å². The third-order valence-corrected chi connectivity index (χ3v) is 0.348. The molecule has 0 radical (unpaired) electrons. The second kappa shape index (κ2) is 7.48. The first-order valence-electron chi connectivity index (χ1n) is 3.28. The average Bonchev–Trinajstić information content (AvgIpc) is 1.65. The Bertz CT molecular complexity index is 75.3. The van der Waals surface area contributed by atoms with Crippen LogP contribution in [0.3, 0.4) is 0 Å². The lowest BCUT2D eigenvalue weighted by molar-refractivity contribution is 0.737. The number of hydrogen-bond acceptors (Lipinski definition) is 0. The van der Waals surface area contributed by atoms with Crippen LogP contribution in [0.4, 0.5) is 0 Å². The normalized spacial score (nSPS) is 7.67. The van der Waals surface area contributed by atoms with Gasteiger partial charge in [-0.15, -0.1) is 0 Å². The Morgan fingerprint density at radius 3 is 1.44 bits per heavy atom. The van der Waals surface area contributed by atoms with E-state index in [1.165, 1.54) is 0 Å². The van der Waals surface area contributed by atoms with Gasteiger partial charge >= 0.3 is 0 Å². The van der Waals surface area contributed by atoms with Crippen LogP contribution < -0.4 is 0 Å². The van der Waals surface area contributed by atoms with Crippen molar-refractivity contribution in [3.05, 3.63) is 24.8 Å². The number of rotatable bonds is 1. The molecule has 0 N–H and O–H groups in total. The van der Waals surface area contributed by atoms with Gasteiger partial charge in [0, 0.05) is 0 Å². The van der Waals surface area contributed by atoms with E-state index in [2.05, 4.69) is 33.9 Å². The summed E-state index contributed by atoms with van der Waals surface area (Å²) in [5, 5.41) is 0. The molecule has 0 bridgehead atoms. The molecule has 9 heavy (non-hydrogen) atoms. The molecule has 0 heteroatoms. The summed E-state index contributed by atoms with van der Waals surface area (Å²) in [4.78, 5) is 0. The lowest BCUT2D eigenvalue weighted by Crippen LogP contribution is -1.66. The summed E-state index contributed by atoms with van der Waals surface area (Å²) in [7, 11) is 0. The predicted molar refractivity (Wildman–Crippen MR) is 45.5 cm³/mol. The highest BCUT2D eigenvalue weighted by atomic mass is 13.7. The van der Waals surface area contributed by atoms with Crippen molar-refractivity contribution in [1.29, 1.82) is 0 Å². The fourth-order valence-electron chi connectivity index (χ4n) is 0. The van der Waals surface area contributed by atoms with E-state index in [4.69, 9.17) is 0 Å². The number of hydrogen-bond donors (Lipinski definition) is 0. The molecule has 0 saturated carbocycles. The number of allylic oxidation sites excluding steroid dienone is 2. The lowest BCUT2D eigenvalue weighted by atomic mass is 10.3. The molecule has 0 nitrogen and oxygen atoms in total. The zero-order valence-corrected chi connectivity index (χ0v) is 7.07. The van der Waals surface area contributed by atoms with Crippen LogP contribution in [0.15, 0.2) is 24.8 Å². The Morgan fingerprint density at radius 1 is 1.33 bits per heavy atom. The maximum Gasteiger partial charge on any atom is -0.0404 e. The zero-order valence-electron chi connectivity index (χ0n) is 7.07. The van der Waals surface area contributed by atoms with E-state index in [1.807, 2.05) is 6.92 Å². The van der Waals surface area contributed by atoms with Crippen LogP contribution >= 0.6 is 0 Å². The van der Waals surface area contributed by atoms with Crippen LogP contribution in [0.2, 0.25) is 0 Å². The maximum atomic E-state index is 3.56. The van der Waals surface area contributed by atoms with Crippen LogP contribution in [0.25, 0.3) is 0 Å². The van der Waals surface area contributed by atoms with Gasteiger partial charge in [0.15, 0.2) is 0 Å². The summed E-state index contributed by atoms with van der Waals surface area (Å²) in [5.41, 5.74) is 1.02. The van der Waals surface area contributed by atoms with E-state index in [0.717, 1.165) is 11.5 Å². The highest BCUT2D eigenvalue weighted by molar-refractivity contribution is 5.05. The van der Waals surface area contributed by atoms with Gasteiger partial charge in [0.2, 0.25) is 0 Å². The van der Waals surface area contributed by atoms with Crippen molar-refractivity contribution < 1.29 is 0 Å². The second-order valence-electron chi connectivity index (χ2n) is 2.78. The van der Waals surface area contributed by atoms with Crippen LogP contribution in [0.5, 0.6) is 0 Å². The maximum absolute atomic E-state index is 3.56. The van der Waals surface area contributed by atoms with E-state index in [9.17, 15) is 0 Å². The van der Waals surface area contributed by atoms with Crippen LogP contribution in [-0.2, 0) is 0 Å². The predicted octanol–water partition coefficient (Wildman–Crippen LogP) is 3.41. The van der Waals surface area contributed by atoms with Crippen LogP contribution in [-0.4, -0.2) is 0 Å². The molecule has 0 spiro atoms. The molecule has 0 aliphatic heterocycles. The zero-order chi connectivity index (χ0) is 7.86. The molecule has 0 aromatic rings. The van der Waals surface area contributed by atoms with Gasteiger partial charge in [-0.25, -0.2) is 0 Å². The first kappa shape index (κ1) is 11.3. The summed E-state index contributed by atoms with van der Waals surface area (Å²) in [5.74, 6) is 0.833. The van der Waals surface area contributed by atoms with Gasteiger partial charge in [0.1, 0.15) is 0 Å². The standard InChI is InChI=1S/C5H8.C4H10/c1-4-5(2)3;1-4(2)3/h4H,1-2H2,3H3;4H,1-3H3. The molecule has 0 aromatic heterocycles. The molecular formula is C9H18. The van der Waals surface area contributed by atoms with Crippen molar-refractivity contribution in [2.75, 3.05) is 0 Å². The van der Waals surface area contributed by atoms with Gasteiger partial charge in [-0.1, -0.05) is 45.6 Å². The molecule has 0 fully saturated rings. The van der Waals surface area contributed by atoms with Crippen molar-refractivity contribution >= 4 is 0 Å². The molecule has 0 atom stereocenters. The highest BCUT2D eigenvalue weighted by Gasteiger charge is 1.68. The van der Waals surface area contributed by atoms with Crippen molar-refractivity contribution in [3.63, 3.8) is 0 Å². The molecule has 0 aromatic carbocycles. The Balaban J connectivity index is 0. The van der Waals surface area contributed by atoms with E-state index in [-0.39, 0.29) is 0 Å². The van der Waals surface area contributed by atoms with Gasteiger partial charge < -0.3 is 0 Å². The minimum absolute atomic E-state index is 0.833. The van der Waals surface area contributed by atoms with E-state index in [0.29, 0.717) is 0 Å². The molecule has 0 aliphatic carbocycles. The molecule has 0 heterocycles. The Morgan fingerprint density at radius 2 is 1.44 bits per heavy atom. The first-order valence-corrected chi connectivity index (χ1v) is 3.28.